The van der Waals surface area contributed by atoms with E-state index in [0.717, 1.165) is 18.5 Å². The second-order valence-electron chi connectivity index (χ2n) is 5.95. The molecule has 0 aliphatic carbocycles. The van der Waals surface area contributed by atoms with Crippen molar-refractivity contribution in [3.05, 3.63) is 59.9 Å². The van der Waals surface area contributed by atoms with Gasteiger partial charge < -0.3 is 9.80 Å². The van der Waals surface area contributed by atoms with Crippen LogP contribution in [0.2, 0.25) is 0 Å². The van der Waals surface area contributed by atoms with Gasteiger partial charge in [0.15, 0.2) is 0 Å². The van der Waals surface area contributed by atoms with Gasteiger partial charge in [0, 0.05) is 38.2 Å². The van der Waals surface area contributed by atoms with Crippen LogP contribution in [0.25, 0.3) is 0 Å². The predicted octanol–water partition coefficient (Wildman–Crippen LogP) is 3.62. The summed E-state index contributed by atoms with van der Waals surface area (Å²) >= 11 is 0. The van der Waals surface area contributed by atoms with Crippen molar-refractivity contribution >= 4 is 17.5 Å². The molecule has 1 aromatic carbocycles. The third kappa shape index (κ3) is 4.66. The van der Waals surface area contributed by atoms with Crippen molar-refractivity contribution in [1.29, 1.82) is 0 Å². The molecule has 0 aliphatic rings. The quantitative estimate of drug-likeness (QED) is 0.774. The number of carbonyl (C=O) groups is 2. The Hall–Kier alpha value is -2.69. The number of hydrogen-bond acceptors (Lipinski definition) is 3. The van der Waals surface area contributed by atoms with Gasteiger partial charge in [-0.3, -0.25) is 14.6 Å². The third-order valence-electron chi connectivity index (χ3n) is 3.95. The molecule has 0 bridgehead atoms. The molecular weight excluding hydrogens is 314 g/mol. The van der Waals surface area contributed by atoms with Gasteiger partial charge in [0.2, 0.25) is 0 Å². The van der Waals surface area contributed by atoms with Crippen LogP contribution in [0, 0.1) is 0 Å². The summed E-state index contributed by atoms with van der Waals surface area (Å²) < 4.78 is 0. The molecule has 1 aromatic heterocycles. The molecule has 0 saturated carbocycles. The van der Waals surface area contributed by atoms with E-state index < -0.39 is 0 Å². The summed E-state index contributed by atoms with van der Waals surface area (Å²) in [4.78, 5) is 32.9. The van der Waals surface area contributed by atoms with Crippen molar-refractivity contribution < 1.29 is 9.59 Å². The molecule has 0 unspecified atom stereocenters. The lowest BCUT2D eigenvalue weighted by atomic mass is 10.1. The molecule has 5 heteroatoms. The summed E-state index contributed by atoms with van der Waals surface area (Å²) in [5.74, 6) is -0.265. The summed E-state index contributed by atoms with van der Waals surface area (Å²) in [6.45, 7) is 5.50. The Labute approximate surface area is 149 Å². The normalized spacial score (nSPS) is 10.4. The van der Waals surface area contributed by atoms with Crippen LogP contribution in [0.15, 0.2) is 48.8 Å². The monoisotopic (exact) mass is 339 g/mol. The second kappa shape index (κ2) is 8.97. The summed E-state index contributed by atoms with van der Waals surface area (Å²) in [6.07, 6.45) is 4.82. The van der Waals surface area contributed by atoms with Gasteiger partial charge >= 0.3 is 0 Å². The van der Waals surface area contributed by atoms with Gasteiger partial charge in [-0.05, 0) is 31.0 Å². The molecule has 5 nitrogen and oxygen atoms in total. The molecule has 1 heterocycles. The molecule has 0 atom stereocenters. The van der Waals surface area contributed by atoms with Crippen LogP contribution in [0.4, 0.5) is 5.69 Å². The number of para-hydroxylation sites is 1. The summed E-state index contributed by atoms with van der Waals surface area (Å²) in [5, 5.41) is 0. The van der Waals surface area contributed by atoms with Crippen LogP contribution in [0.1, 0.15) is 47.4 Å². The average molecular weight is 339 g/mol. The lowest BCUT2D eigenvalue weighted by Crippen LogP contribution is -2.33. The van der Waals surface area contributed by atoms with E-state index in [0.29, 0.717) is 24.2 Å². The lowest BCUT2D eigenvalue weighted by molar-refractivity contribution is 0.0755. The molecule has 0 fully saturated rings. The molecule has 2 rings (SSSR count). The first-order chi connectivity index (χ1) is 12.1. The minimum Gasteiger partial charge on any atom is -0.339 e. The van der Waals surface area contributed by atoms with E-state index in [9.17, 15) is 9.59 Å². The molecule has 0 radical (unpaired) electrons. The average Bonchev–Trinajstić information content (AvgIpc) is 2.67. The number of pyridine rings is 1. The van der Waals surface area contributed by atoms with Crippen molar-refractivity contribution in [3.63, 3.8) is 0 Å². The Morgan fingerprint density at radius 3 is 2.04 bits per heavy atom. The first-order valence-corrected chi connectivity index (χ1v) is 8.65. The van der Waals surface area contributed by atoms with E-state index in [1.54, 1.807) is 18.0 Å². The third-order valence-corrected chi connectivity index (χ3v) is 3.95. The number of rotatable bonds is 7. The first-order valence-electron chi connectivity index (χ1n) is 8.65. The van der Waals surface area contributed by atoms with E-state index in [4.69, 9.17) is 0 Å². The van der Waals surface area contributed by atoms with E-state index in [2.05, 4.69) is 4.98 Å². The highest BCUT2D eigenvalue weighted by Gasteiger charge is 2.19. The fourth-order valence-electron chi connectivity index (χ4n) is 2.67. The fourth-order valence-corrected chi connectivity index (χ4v) is 2.67. The smallest absolute Gasteiger partial charge is 0.259 e. The molecule has 0 N–H and O–H groups in total. The Morgan fingerprint density at radius 1 is 0.920 bits per heavy atom. The fraction of sp³-hybridized carbons (Fsp3) is 0.350. The Kier molecular flexibility index (Phi) is 6.69. The van der Waals surface area contributed by atoms with Crippen molar-refractivity contribution in [3.8, 4) is 0 Å². The van der Waals surface area contributed by atoms with Gasteiger partial charge in [-0.2, -0.15) is 0 Å². The zero-order chi connectivity index (χ0) is 18.2. The van der Waals surface area contributed by atoms with E-state index in [-0.39, 0.29) is 11.8 Å². The number of amides is 2. The number of aromatic nitrogens is 1. The minimum absolute atomic E-state index is 0.0757. The summed E-state index contributed by atoms with van der Waals surface area (Å²) in [5.41, 5.74) is 1.65. The van der Waals surface area contributed by atoms with Crippen LogP contribution in [-0.2, 0) is 0 Å². The van der Waals surface area contributed by atoms with E-state index in [1.807, 2.05) is 49.1 Å². The number of anilines is 1. The minimum atomic E-state index is -0.189. The standard InChI is InChI=1S/C20H25N3O2/c1-4-11-23(12-5-2)20(25)17-13-16(14-21-15-17)19(24)22(3)18-9-7-6-8-10-18/h6-10,13-15H,4-5,11-12H2,1-3H3. The van der Waals surface area contributed by atoms with Gasteiger partial charge in [0.1, 0.15) is 0 Å². The maximum atomic E-state index is 12.7. The topological polar surface area (TPSA) is 53.5 Å². The maximum Gasteiger partial charge on any atom is 0.259 e. The van der Waals surface area contributed by atoms with Crippen LogP contribution >= 0.6 is 0 Å². The summed E-state index contributed by atoms with van der Waals surface area (Å²) in [7, 11) is 1.71. The Balaban J connectivity index is 2.23. The van der Waals surface area contributed by atoms with E-state index >= 15 is 0 Å². The Morgan fingerprint density at radius 2 is 1.48 bits per heavy atom. The van der Waals surface area contributed by atoms with Gasteiger partial charge in [0.25, 0.3) is 11.8 Å². The molecule has 0 spiro atoms. The Bertz CT molecular complexity index is 710. The zero-order valence-electron chi connectivity index (χ0n) is 15.1. The highest BCUT2D eigenvalue weighted by molar-refractivity contribution is 6.07. The van der Waals surface area contributed by atoms with Crippen molar-refractivity contribution in [2.24, 2.45) is 0 Å². The number of benzene rings is 1. The zero-order valence-corrected chi connectivity index (χ0v) is 15.1. The van der Waals surface area contributed by atoms with Crippen LogP contribution in [0.3, 0.4) is 0 Å². The molecular formula is C20H25N3O2. The molecule has 2 aromatic rings. The molecule has 25 heavy (non-hydrogen) atoms. The van der Waals surface area contributed by atoms with Crippen LogP contribution in [0.5, 0.6) is 0 Å². The maximum absolute atomic E-state index is 12.7. The van der Waals surface area contributed by atoms with Gasteiger partial charge in [-0.1, -0.05) is 32.0 Å². The van der Waals surface area contributed by atoms with E-state index in [1.165, 1.54) is 12.4 Å². The summed E-state index contributed by atoms with van der Waals surface area (Å²) in [6, 6.07) is 11.0. The molecule has 132 valence electrons. The molecule has 0 aliphatic heterocycles. The van der Waals surface area contributed by atoms with Crippen LogP contribution in [-0.4, -0.2) is 41.8 Å². The largest absolute Gasteiger partial charge is 0.339 e. The van der Waals surface area contributed by atoms with Crippen molar-refractivity contribution in [1.82, 2.24) is 9.88 Å². The number of hydrogen-bond donors (Lipinski definition) is 0. The van der Waals surface area contributed by atoms with Gasteiger partial charge in [0.05, 0.1) is 11.1 Å². The number of nitrogens with zero attached hydrogens (tertiary/aromatic N) is 3. The predicted molar refractivity (Wildman–Crippen MR) is 99.9 cm³/mol. The lowest BCUT2D eigenvalue weighted by Gasteiger charge is -2.22. The SMILES string of the molecule is CCCN(CCC)C(=O)c1cncc(C(=O)N(C)c2ccccc2)c1. The first kappa shape index (κ1) is 18.6. The van der Waals surface area contributed by atoms with Gasteiger partial charge in [-0.25, -0.2) is 0 Å². The van der Waals surface area contributed by atoms with Gasteiger partial charge in [-0.15, -0.1) is 0 Å². The highest BCUT2D eigenvalue weighted by Crippen LogP contribution is 2.16. The number of carbonyl (C=O) groups excluding carboxylic acids is 2. The molecule has 0 saturated heterocycles. The highest BCUT2D eigenvalue weighted by atomic mass is 16.2. The molecule has 2 amide bonds. The van der Waals surface area contributed by atoms with Crippen molar-refractivity contribution in [2.75, 3.05) is 25.0 Å². The van der Waals surface area contributed by atoms with Crippen molar-refractivity contribution in [2.45, 2.75) is 26.7 Å². The second-order valence-corrected chi connectivity index (χ2v) is 5.95. The van der Waals surface area contributed by atoms with Crippen LogP contribution < -0.4 is 4.90 Å².